The summed E-state index contributed by atoms with van der Waals surface area (Å²) in [6.45, 7) is 1.96. The van der Waals surface area contributed by atoms with Gasteiger partial charge in [0.2, 0.25) is 0 Å². The fraction of sp³-hybridized carbons (Fsp3) is 0.455. The topological polar surface area (TPSA) is 12.0 Å². The van der Waals surface area contributed by atoms with E-state index < -0.39 is 5.67 Å². The third kappa shape index (κ3) is 1.85. The predicted octanol–water partition coefficient (Wildman–Crippen LogP) is 3.43. The van der Waals surface area contributed by atoms with Gasteiger partial charge in [-0.15, -0.1) is 0 Å². The number of aryl methyl sites for hydroxylation is 1. The van der Waals surface area contributed by atoms with Gasteiger partial charge in [0.05, 0.1) is 10.7 Å². The van der Waals surface area contributed by atoms with Crippen LogP contribution in [0, 0.1) is 0 Å². The molecule has 0 bridgehead atoms. The van der Waals surface area contributed by atoms with Crippen molar-refractivity contribution < 1.29 is 4.39 Å². The quantitative estimate of drug-likeness (QED) is 0.696. The molecule has 14 heavy (non-hydrogen) atoms. The molecule has 3 heteroatoms. The van der Waals surface area contributed by atoms with E-state index in [2.05, 4.69) is 5.32 Å². The Morgan fingerprint density at radius 2 is 2.29 bits per heavy atom. The van der Waals surface area contributed by atoms with Crippen LogP contribution in [0.5, 0.6) is 0 Å². The van der Waals surface area contributed by atoms with Crippen molar-refractivity contribution in [3.63, 3.8) is 0 Å². The van der Waals surface area contributed by atoms with E-state index in [-0.39, 0.29) is 0 Å². The second kappa shape index (κ2) is 3.43. The van der Waals surface area contributed by atoms with Gasteiger partial charge in [0, 0.05) is 6.54 Å². The zero-order valence-corrected chi connectivity index (χ0v) is 8.87. The Labute approximate surface area is 88.3 Å². The van der Waals surface area contributed by atoms with Crippen molar-refractivity contribution in [3.05, 3.63) is 28.8 Å². The first-order valence-corrected chi connectivity index (χ1v) is 5.16. The van der Waals surface area contributed by atoms with Gasteiger partial charge in [-0.25, -0.2) is 4.39 Å². The SMILES string of the molecule is CC1(F)CCc2cccc(Cl)c2NC1. The summed E-state index contributed by atoms with van der Waals surface area (Å²) >= 11 is 6.02. The monoisotopic (exact) mass is 213 g/mol. The molecule has 0 aromatic heterocycles. The van der Waals surface area contributed by atoms with Crippen LogP contribution in [-0.4, -0.2) is 12.2 Å². The van der Waals surface area contributed by atoms with Crippen molar-refractivity contribution >= 4 is 17.3 Å². The highest BCUT2D eigenvalue weighted by atomic mass is 35.5. The number of alkyl halides is 1. The van der Waals surface area contributed by atoms with E-state index in [0.717, 1.165) is 17.7 Å². The molecule has 1 unspecified atom stereocenters. The summed E-state index contributed by atoms with van der Waals surface area (Å²) < 4.78 is 13.7. The van der Waals surface area contributed by atoms with Gasteiger partial charge in [-0.05, 0) is 31.4 Å². The average Bonchev–Trinajstić information content (AvgIpc) is 2.27. The van der Waals surface area contributed by atoms with Crippen molar-refractivity contribution in [2.24, 2.45) is 0 Å². The van der Waals surface area contributed by atoms with Crippen molar-refractivity contribution in [1.29, 1.82) is 0 Å². The summed E-state index contributed by atoms with van der Waals surface area (Å²) in [5, 5.41) is 3.76. The smallest absolute Gasteiger partial charge is 0.125 e. The predicted molar refractivity (Wildman–Crippen MR) is 57.8 cm³/mol. The number of para-hydroxylation sites is 1. The summed E-state index contributed by atoms with van der Waals surface area (Å²) in [6, 6.07) is 5.73. The number of rotatable bonds is 0. The zero-order chi connectivity index (χ0) is 10.2. The molecule has 1 nitrogen and oxygen atoms in total. The molecule has 0 spiro atoms. The van der Waals surface area contributed by atoms with Gasteiger partial charge in [-0.3, -0.25) is 0 Å². The van der Waals surface area contributed by atoms with Crippen LogP contribution in [0.2, 0.25) is 5.02 Å². The number of nitrogens with one attached hydrogen (secondary N) is 1. The van der Waals surface area contributed by atoms with Crippen LogP contribution in [0.4, 0.5) is 10.1 Å². The molecule has 0 saturated heterocycles. The molecule has 0 aliphatic carbocycles. The zero-order valence-electron chi connectivity index (χ0n) is 8.11. The van der Waals surface area contributed by atoms with Crippen molar-refractivity contribution in [3.8, 4) is 0 Å². The minimum Gasteiger partial charge on any atom is -0.380 e. The first kappa shape index (κ1) is 9.78. The Morgan fingerprint density at radius 1 is 1.50 bits per heavy atom. The highest BCUT2D eigenvalue weighted by Crippen LogP contribution is 2.32. The summed E-state index contributed by atoms with van der Waals surface area (Å²) in [6.07, 6.45) is 1.29. The lowest BCUT2D eigenvalue weighted by Crippen LogP contribution is -2.27. The second-order valence-electron chi connectivity index (χ2n) is 4.04. The molecule has 0 radical (unpaired) electrons. The summed E-state index contributed by atoms with van der Waals surface area (Å²) in [4.78, 5) is 0. The van der Waals surface area contributed by atoms with Crippen LogP contribution in [-0.2, 0) is 6.42 Å². The molecule has 1 atom stereocenters. The van der Waals surface area contributed by atoms with E-state index in [4.69, 9.17) is 11.6 Å². The molecule has 1 heterocycles. The minimum absolute atomic E-state index is 0.337. The molecule has 0 fully saturated rings. The molecular weight excluding hydrogens is 201 g/mol. The van der Waals surface area contributed by atoms with Gasteiger partial charge in [-0.1, -0.05) is 23.7 Å². The number of fused-ring (bicyclic) bond motifs is 1. The third-order valence-corrected chi connectivity index (χ3v) is 2.96. The van der Waals surface area contributed by atoms with Crippen LogP contribution in [0.15, 0.2) is 18.2 Å². The number of hydrogen-bond donors (Lipinski definition) is 1. The van der Waals surface area contributed by atoms with Gasteiger partial charge < -0.3 is 5.32 Å². The molecule has 1 aromatic carbocycles. The maximum atomic E-state index is 13.7. The Hall–Kier alpha value is -0.760. The van der Waals surface area contributed by atoms with E-state index in [1.165, 1.54) is 0 Å². The van der Waals surface area contributed by atoms with E-state index in [0.29, 0.717) is 18.0 Å². The number of benzene rings is 1. The lowest BCUT2D eigenvalue weighted by molar-refractivity contribution is 0.195. The Kier molecular flexibility index (Phi) is 2.40. The third-order valence-electron chi connectivity index (χ3n) is 2.65. The van der Waals surface area contributed by atoms with Crippen molar-refractivity contribution in [2.75, 3.05) is 11.9 Å². The fourth-order valence-corrected chi connectivity index (χ4v) is 1.99. The molecule has 1 aliphatic rings. The first-order chi connectivity index (χ1) is 6.58. The van der Waals surface area contributed by atoms with E-state index >= 15 is 0 Å². The molecule has 2 rings (SSSR count). The maximum Gasteiger partial charge on any atom is 0.125 e. The summed E-state index contributed by atoms with van der Waals surface area (Å²) in [5.74, 6) is 0. The highest BCUT2D eigenvalue weighted by Gasteiger charge is 2.26. The van der Waals surface area contributed by atoms with Gasteiger partial charge in [0.1, 0.15) is 5.67 Å². The largest absolute Gasteiger partial charge is 0.380 e. The Balaban J connectivity index is 2.34. The lowest BCUT2D eigenvalue weighted by Gasteiger charge is -2.17. The van der Waals surface area contributed by atoms with Crippen molar-refractivity contribution in [2.45, 2.75) is 25.4 Å². The fourth-order valence-electron chi connectivity index (χ4n) is 1.73. The summed E-state index contributed by atoms with van der Waals surface area (Å²) in [5.41, 5.74) is 0.872. The Morgan fingerprint density at radius 3 is 3.07 bits per heavy atom. The number of hydrogen-bond acceptors (Lipinski definition) is 1. The average molecular weight is 214 g/mol. The second-order valence-corrected chi connectivity index (χ2v) is 4.45. The molecular formula is C11H13ClFN. The lowest BCUT2D eigenvalue weighted by atomic mass is 10.0. The van der Waals surface area contributed by atoms with Gasteiger partial charge >= 0.3 is 0 Å². The maximum absolute atomic E-state index is 13.7. The molecule has 0 saturated carbocycles. The van der Waals surface area contributed by atoms with E-state index in [1.807, 2.05) is 18.2 Å². The van der Waals surface area contributed by atoms with Crippen LogP contribution in [0.1, 0.15) is 18.9 Å². The van der Waals surface area contributed by atoms with Crippen LogP contribution >= 0.6 is 11.6 Å². The van der Waals surface area contributed by atoms with Crippen molar-refractivity contribution in [1.82, 2.24) is 0 Å². The summed E-state index contributed by atoms with van der Waals surface area (Å²) in [7, 11) is 0. The number of anilines is 1. The van der Waals surface area contributed by atoms with Crippen LogP contribution < -0.4 is 5.32 Å². The minimum atomic E-state index is -1.14. The Bertz CT molecular complexity index is 349. The van der Waals surface area contributed by atoms with E-state index in [9.17, 15) is 4.39 Å². The normalized spacial score (nSPS) is 26.2. The van der Waals surface area contributed by atoms with Crippen LogP contribution in [0.3, 0.4) is 0 Å². The van der Waals surface area contributed by atoms with Crippen LogP contribution in [0.25, 0.3) is 0 Å². The standard InChI is InChI=1S/C11H13ClFN/c1-11(13)6-5-8-3-2-4-9(12)10(8)14-7-11/h2-4,14H,5-7H2,1H3. The first-order valence-electron chi connectivity index (χ1n) is 4.79. The number of halogens is 2. The molecule has 1 aromatic rings. The molecule has 1 N–H and O–H groups in total. The molecule has 1 aliphatic heterocycles. The highest BCUT2D eigenvalue weighted by molar-refractivity contribution is 6.33. The van der Waals surface area contributed by atoms with Gasteiger partial charge in [0.25, 0.3) is 0 Å². The van der Waals surface area contributed by atoms with Gasteiger partial charge in [-0.2, -0.15) is 0 Å². The van der Waals surface area contributed by atoms with E-state index in [1.54, 1.807) is 6.92 Å². The molecule has 76 valence electrons. The molecule has 0 amide bonds. The van der Waals surface area contributed by atoms with Gasteiger partial charge in [0.15, 0.2) is 0 Å².